The first-order valence-electron chi connectivity index (χ1n) is 9.40. The van der Waals surface area contributed by atoms with E-state index in [-0.39, 0.29) is 12.1 Å². The van der Waals surface area contributed by atoms with Crippen LogP contribution in [0, 0.1) is 5.82 Å². The molecular formula is C21H18BrFN6O2. The fraction of sp³-hybridized carbons (Fsp3) is 0.143. The number of carbonyl (C=O) groups is 2. The fourth-order valence-electron chi connectivity index (χ4n) is 3.24. The molecule has 3 N–H and O–H groups in total. The van der Waals surface area contributed by atoms with Crippen LogP contribution in [0.1, 0.15) is 12.0 Å². The normalized spacial score (nSPS) is 15.6. The smallest absolute Gasteiger partial charge is 0.273 e. The van der Waals surface area contributed by atoms with Gasteiger partial charge in [-0.05, 0) is 35.9 Å². The summed E-state index contributed by atoms with van der Waals surface area (Å²) in [5.41, 5.74) is 7.10. The maximum atomic E-state index is 13.2. The number of rotatable bonds is 6. The number of hydrogen-bond donors (Lipinski definition) is 2. The molecule has 1 aliphatic heterocycles. The Bertz CT molecular complexity index is 1160. The van der Waals surface area contributed by atoms with Gasteiger partial charge in [0.15, 0.2) is 0 Å². The lowest BCUT2D eigenvalue weighted by molar-refractivity contribution is -0.119. The minimum absolute atomic E-state index is 0.0386. The van der Waals surface area contributed by atoms with Crippen molar-refractivity contribution in [1.29, 1.82) is 0 Å². The summed E-state index contributed by atoms with van der Waals surface area (Å²) in [4.78, 5) is 24.8. The third-order valence-corrected chi connectivity index (χ3v) is 5.60. The molecule has 8 nitrogen and oxygen atoms in total. The summed E-state index contributed by atoms with van der Waals surface area (Å²) in [6.07, 6.45) is 1.62. The number of anilines is 2. The van der Waals surface area contributed by atoms with Crippen LogP contribution in [0.15, 0.2) is 70.4 Å². The Balaban J connectivity index is 1.53. The Kier molecular flexibility index (Phi) is 5.81. The second-order valence-corrected chi connectivity index (χ2v) is 7.76. The topological polar surface area (TPSA) is 106 Å². The quantitative estimate of drug-likeness (QED) is 0.560. The van der Waals surface area contributed by atoms with Crippen molar-refractivity contribution in [2.24, 2.45) is 10.8 Å². The Morgan fingerprint density at radius 3 is 2.61 bits per heavy atom. The summed E-state index contributed by atoms with van der Waals surface area (Å²) >= 11 is 3.50. The van der Waals surface area contributed by atoms with Gasteiger partial charge in [0.2, 0.25) is 5.91 Å². The highest BCUT2D eigenvalue weighted by molar-refractivity contribution is 9.10. The number of carbonyl (C=O) groups excluding carboxylic acids is 2. The molecule has 3 aromatic rings. The molecule has 0 fully saturated rings. The van der Waals surface area contributed by atoms with Gasteiger partial charge in [0.25, 0.3) is 5.91 Å². The molecule has 10 heteroatoms. The molecule has 0 spiro atoms. The molecule has 2 heterocycles. The molecule has 0 radical (unpaired) electrons. The molecule has 0 saturated carbocycles. The summed E-state index contributed by atoms with van der Waals surface area (Å²) in [5.74, 6) is -1.03. The molecule has 4 rings (SSSR count). The van der Waals surface area contributed by atoms with Crippen LogP contribution in [0.3, 0.4) is 0 Å². The highest BCUT2D eigenvalue weighted by Crippen LogP contribution is 2.25. The van der Waals surface area contributed by atoms with E-state index in [4.69, 9.17) is 5.73 Å². The minimum Gasteiger partial charge on any atom is -0.368 e. The molecule has 1 aromatic heterocycles. The Morgan fingerprint density at radius 1 is 1.16 bits per heavy atom. The number of hydrazone groups is 1. The number of halogens is 2. The van der Waals surface area contributed by atoms with E-state index in [1.54, 1.807) is 16.9 Å². The van der Waals surface area contributed by atoms with Crippen LogP contribution < -0.4 is 16.1 Å². The van der Waals surface area contributed by atoms with Crippen molar-refractivity contribution in [3.8, 4) is 0 Å². The Labute approximate surface area is 185 Å². The number of primary amides is 1. The van der Waals surface area contributed by atoms with Crippen LogP contribution in [0.25, 0.3) is 0 Å². The zero-order valence-corrected chi connectivity index (χ0v) is 17.8. The van der Waals surface area contributed by atoms with Crippen molar-refractivity contribution in [2.45, 2.75) is 19.0 Å². The third kappa shape index (κ3) is 4.48. The van der Waals surface area contributed by atoms with Crippen molar-refractivity contribution in [3.63, 3.8) is 0 Å². The third-order valence-electron chi connectivity index (χ3n) is 4.83. The fourth-order valence-corrected chi connectivity index (χ4v) is 3.65. The second-order valence-electron chi connectivity index (χ2n) is 6.91. The van der Waals surface area contributed by atoms with Gasteiger partial charge in [0, 0.05) is 17.0 Å². The highest BCUT2D eigenvalue weighted by Gasteiger charge is 2.35. The summed E-state index contributed by atoms with van der Waals surface area (Å²) in [6.45, 7) is 0.447. The molecule has 0 saturated heterocycles. The van der Waals surface area contributed by atoms with Gasteiger partial charge in [0.1, 0.15) is 23.4 Å². The van der Waals surface area contributed by atoms with Crippen molar-refractivity contribution in [3.05, 3.63) is 76.6 Å². The second kappa shape index (κ2) is 8.68. The summed E-state index contributed by atoms with van der Waals surface area (Å²) < 4.78 is 15.8. The maximum Gasteiger partial charge on any atom is 0.273 e. The van der Waals surface area contributed by atoms with Crippen molar-refractivity contribution >= 4 is 45.0 Å². The van der Waals surface area contributed by atoms with Gasteiger partial charge in [-0.15, -0.1) is 0 Å². The van der Waals surface area contributed by atoms with Gasteiger partial charge in [-0.3, -0.25) is 14.6 Å². The Hall–Kier alpha value is -3.53. The average molecular weight is 485 g/mol. The lowest BCUT2D eigenvalue weighted by Crippen LogP contribution is -2.39. The van der Waals surface area contributed by atoms with E-state index in [9.17, 15) is 14.0 Å². The molecule has 158 valence electrons. The van der Waals surface area contributed by atoms with Crippen LogP contribution >= 0.6 is 15.9 Å². The van der Waals surface area contributed by atoms with Gasteiger partial charge < -0.3 is 11.1 Å². The van der Waals surface area contributed by atoms with Crippen LogP contribution in [-0.2, 0) is 16.1 Å². The van der Waals surface area contributed by atoms with Crippen LogP contribution in [0.4, 0.5) is 15.9 Å². The molecule has 1 unspecified atom stereocenters. The monoisotopic (exact) mass is 484 g/mol. The number of nitrogens with one attached hydrogen (secondary N) is 1. The van der Waals surface area contributed by atoms with Crippen LogP contribution in [-0.4, -0.2) is 33.3 Å². The number of amides is 2. The lowest BCUT2D eigenvalue weighted by atomic mass is 10.1. The number of benzene rings is 2. The molecule has 0 aliphatic carbocycles. The van der Waals surface area contributed by atoms with E-state index in [2.05, 4.69) is 31.4 Å². The van der Waals surface area contributed by atoms with E-state index in [0.717, 1.165) is 10.0 Å². The average Bonchev–Trinajstić information content (AvgIpc) is 3.38. The predicted molar refractivity (Wildman–Crippen MR) is 118 cm³/mol. The maximum absolute atomic E-state index is 13.2. The van der Waals surface area contributed by atoms with Crippen molar-refractivity contribution in [2.75, 3.05) is 10.3 Å². The van der Waals surface area contributed by atoms with Gasteiger partial charge in [-0.1, -0.05) is 34.1 Å². The molecule has 2 amide bonds. The molecule has 31 heavy (non-hydrogen) atoms. The number of hydrogen-bond acceptors (Lipinski definition) is 5. The van der Waals surface area contributed by atoms with E-state index >= 15 is 0 Å². The van der Waals surface area contributed by atoms with Gasteiger partial charge >= 0.3 is 0 Å². The number of aromatic nitrogens is 2. The highest BCUT2D eigenvalue weighted by atomic mass is 79.9. The van der Waals surface area contributed by atoms with E-state index in [1.807, 2.05) is 24.3 Å². The minimum atomic E-state index is -0.837. The largest absolute Gasteiger partial charge is 0.368 e. The van der Waals surface area contributed by atoms with Gasteiger partial charge in [0.05, 0.1) is 18.4 Å². The first kappa shape index (κ1) is 20.7. The standard InChI is InChI=1S/C21H18BrFN6O2/c22-16-4-2-1-3-13(16)12-28-19(9-10-25-28)26-21(31)17-11-18(20(24)30)29(27-17)15-7-5-14(23)6-8-15/h1-10,18H,11-12H2,(H2,24,30)(H,26,31). The first-order valence-corrected chi connectivity index (χ1v) is 10.2. The lowest BCUT2D eigenvalue weighted by Gasteiger charge is -2.20. The van der Waals surface area contributed by atoms with Crippen LogP contribution in [0.5, 0.6) is 0 Å². The number of nitrogens with two attached hydrogens (primary N) is 1. The van der Waals surface area contributed by atoms with E-state index in [1.165, 1.54) is 29.3 Å². The van der Waals surface area contributed by atoms with E-state index < -0.39 is 23.7 Å². The first-order chi connectivity index (χ1) is 14.9. The zero-order chi connectivity index (χ0) is 22.0. The number of nitrogens with zero attached hydrogens (tertiary/aromatic N) is 4. The SMILES string of the molecule is NC(=O)C1CC(C(=O)Nc2ccnn2Cc2ccccc2Br)=NN1c1ccc(F)cc1. The summed E-state index contributed by atoms with van der Waals surface area (Å²) in [7, 11) is 0. The molecule has 0 bridgehead atoms. The van der Waals surface area contributed by atoms with Crippen molar-refractivity contribution in [1.82, 2.24) is 9.78 Å². The molecule has 2 aromatic carbocycles. The van der Waals surface area contributed by atoms with Crippen LogP contribution in [0.2, 0.25) is 0 Å². The predicted octanol–water partition coefficient (Wildman–Crippen LogP) is 2.89. The molecule has 1 aliphatic rings. The molecular weight excluding hydrogens is 467 g/mol. The summed E-state index contributed by atoms with van der Waals surface area (Å²) in [5, 5.41) is 12.7. The van der Waals surface area contributed by atoms with Crippen molar-refractivity contribution < 1.29 is 14.0 Å². The van der Waals surface area contributed by atoms with Gasteiger partial charge in [-0.25, -0.2) is 9.07 Å². The molecule has 1 atom stereocenters. The van der Waals surface area contributed by atoms with Gasteiger partial charge in [-0.2, -0.15) is 10.2 Å². The Morgan fingerprint density at radius 2 is 1.90 bits per heavy atom. The van der Waals surface area contributed by atoms with E-state index in [0.29, 0.717) is 18.1 Å². The zero-order valence-electron chi connectivity index (χ0n) is 16.2. The summed E-state index contributed by atoms with van der Waals surface area (Å²) in [6, 6.07) is 14.0.